The van der Waals surface area contributed by atoms with Crippen LogP contribution in [-0.2, 0) is 4.79 Å². The summed E-state index contributed by atoms with van der Waals surface area (Å²) < 4.78 is 11.8. The van der Waals surface area contributed by atoms with E-state index < -0.39 is 4.92 Å². The van der Waals surface area contributed by atoms with Gasteiger partial charge in [0.05, 0.1) is 15.1 Å². The van der Waals surface area contributed by atoms with E-state index in [1.165, 1.54) is 29.5 Å². The number of thiazole rings is 1. The second-order valence-corrected chi connectivity index (χ2v) is 8.38. The number of carbonyl (C=O) groups is 1. The minimum atomic E-state index is -0.457. The van der Waals surface area contributed by atoms with Crippen molar-refractivity contribution in [2.75, 3.05) is 37.9 Å². The third kappa shape index (κ3) is 5.64. The summed E-state index contributed by atoms with van der Waals surface area (Å²) in [4.78, 5) is 32.3. The lowest BCUT2D eigenvalue weighted by Gasteiger charge is -2.23. The molecule has 0 saturated carbocycles. The number of likely N-dealkylation sites (N-methyl/N-ethyl adjacent to an activating group) is 1. The molecule has 1 aromatic heterocycles. The fraction of sp³-hybridized carbons (Fsp3) is 0.304. The number of hydrogen-bond donors (Lipinski definition) is 0. The number of carbonyl (C=O) groups excluding carboxylic acids is 1. The Morgan fingerprint density at radius 3 is 2.62 bits per heavy atom. The van der Waals surface area contributed by atoms with Gasteiger partial charge in [-0.2, -0.15) is 0 Å². The molecule has 180 valence electrons. The molecule has 0 atom stereocenters. The van der Waals surface area contributed by atoms with E-state index in [9.17, 15) is 14.9 Å². The Balaban J connectivity index is 0.00000324. The summed E-state index contributed by atoms with van der Waals surface area (Å²) in [7, 11) is 0. The molecule has 1 amide bonds. The number of non-ortho nitro benzene ring substituents is 1. The zero-order chi connectivity index (χ0) is 23.4. The maximum atomic E-state index is 13.2. The van der Waals surface area contributed by atoms with Gasteiger partial charge in [-0.1, -0.05) is 37.3 Å². The van der Waals surface area contributed by atoms with Crippen LogP contribution < -0.4 is 14.4 Å². The number of nitrogens with zero attached hydrogens (tertiary/aromatic N) is 4. The van der Waals surface area contributed by atoms with Gasteiger partial charge in [-0.15, -0.1) is 12.4 Å². The molecule has 0 spiro atoms. The highest BCUT2D eigenvalue weighted by Gasteiger charge is 2.21. The van der Waals surface area contributed by atoms with Gasteiger partial charge in [-0.25, -0.2) is 4.98 Å². The van der Waals surface area contributed by atoms with Crippen LogP contribution in [-0.4, -0.2) is 53.7 Å². The fourth-order valence-electron chi connectivity index (χ4n) is 3.50. The molecule has 11 heteroatoms. The van der Waals surface area contributed by atoms with Crippen molar-refractivity contribution in [3.05, 3.63) is 58.2 Å². The van der Waals surface area contributed by atoms with E-state index in [0.29, 0.717) is 35.3 Å². The first-order valence-corrected chi connectivity index (χ1v) is 11.5. The first-order valence-electron chi connectivity index (χ1n) is 10.6. The normalized spacial score (nSPS) is 12.3. The molecular formula is C23H25ClN4O5S. The average Bonchev–Trinajstić information content (AvgIpc) is 3.44. The standard InChI is InChI=1S/C23H24N4O5S.ClH/c1-3-25(4-2)10-11-26(22(28)9-8-16-6-5-7-17(12-16)27(29)30)23-24-18-13-19-20(32-15-31-19)14-21(18)33-23;/h5-9,12-14H,3-4,10-11,15H2,1-2H3;1H. The molecule has 1 aliphatic rings. The van der Waals surface area contributed by atoms with Gasteiger partial charge in [-0.05, 0) is 24.7 Å². The van der Waals surface area contributed by atoms with E-state index in [-0.39, 0.29) is 30.8 Å². The molecule has 0 unspecified atom stereocenters. The maximum absolute atomic E-state index is 13.2. The molecule has 0 N–H and O–H groups in total. The van der Waals surface area contributed by atoms with E-state index in [2.05, 4.69) is 23.7 Å². The summed E-state index contributed by atoms with van der Waals surface area (Å²) in [6, 6.07) is 9.87. The summed E-state index contributed by atoms with van der Waals surface area (Å²) in [5.74, 6) is 1.07. The lowest BCUT2D eigenvalue weighted by atomic mass is 10.2. The summed E-state index contributed by atoms with van der Waals surface area (Å²) in [6.07, 6.45) is 3.02. The van der Waals surface area contributed by atoms with Gasteiger partial charge in [0, 0.05) is 43.4 Å². The number of nitro benzene ring substituents is 1. The number of hydrogen-bond acceptors (Lipinski definition) is 8. The third-order valence-electron chi connectivity index (χ3n) is 5.40. The van der Waals surface area contributed by atoms with Crippen LogP contribution in [0.2, 0.25) is 0 Å². The van der Waals surface area contributed by atoms with E-state index in [1.54, 1.807) is 23.1 Å². The molecular weight excluding hydrogens is 480 g/mol. The van der Waals surface area contributed by atoms with Crippen LogP contribution in [0.4, 0.5) is 10.8 Å². The van der Waals surface area contributed by atoms with E-state index in [1.807, 2.05) is 12.1 Å². The van der Waals surface area contributed by atoms with Gasteiger partial charge < -0.3 is 14.4 Å². The minimum Gasteiger partial charge on any atom is -0.454 e. The molecule has 3 aromatic rings. The zero-order valence-corrected chi connectivity index (χ0v) is 20.4. The molecule has 0 aliphatic carbocycles. The second-order valence-electron chi connectivity index (χ2n) is 7.37. The largest absolute Gasteiger partial charge is 0.454 e. The zero-order valence-electron chi connectivity index (χ0n) is 18.8. The molecule has 4 rings (SSSR count). The van der Waals surface area contributed by atoms with Crippen LogP contribution in [0.25, 0.3) is 16.3 Å². The molecule has 0 saturated heterocycles. The number of ether oxygens (including phenoxy) is 2. The fourth-order valence-corrected chi connectivity index (χ4v) is 4.51. The van der Waals surface area contributed by atoms with Crippen LogP contribution in [0.5, 0.6) is 11.5 Å². The molecule has 34 heavy (non-hydrogen) atoms. The predicted molar refractivity (Wildman–Crippen MR) is 135 cm³/mol. The van der Waals surface area contributed by atoms with Gasteiger partial charge in [0.2, 0.25) is 6.79 Å². The lowest BCUT2D eigenvalue weighted by molar-refractivity contribution is -0.384. The van der Waals surface area contributed by atoms with Crippen LogP contribution in [0, 0.1) is 10.1 Å². The molecule has 0 bridgehead atoms. The summed E-state index contributed by atoms with van der Waals surface area (Å²) in [5.41, 5.74) is 1.30. The smallest absolute Gasteiger partial charge is 0.270 e. The summed E-state index contributed by atoms with van der Waals surface area (Å²) >= 11 is 1.41. The van der Waals surface area contributed by atoms with E-state index >= 15 is 0 Å². The quantitative estimate of drug-likeness (QED) is 0.236. The first kappa shape index (κ1) is 25.4. The van der Waals surface area contributed by atoms with Crippen molar-refractivity contribution in [2.45, 2.75) is 13.8 Å². The summed E-state index contributed by atoms with van der Waals surface area (Å²) in [5, 5.41) is 11.6. The Labute approximate surface area is 207 Å². The van der Waals surface area contributed by atoms with Crippen LogP contribution in [0.15, 0.2) is 42.5 Å². The number of benzene rings is 2. The van der Waals surface area contributed by atoms with Gasteiger partial charge >= 0.3 is 0 Å². The Morgan fingerprint density at radius 1 is 1.18 bits per heavy atom. The minimum absolute atomic E-state index is 0. The van der Waals surface area contributed by atoms with Crippen molar-refractivity contribution < 1.29 is 19.2 Å². The van der Waals surface area contributed by atoms with Gasteiger partial charge in [-0.3, -0.25) is 19.8 Å². The molecule has 1 aliphatic heterocycles. The first-order chi connectivity index (χ1) is 16.0. The third-order valence-corrected chi connectivity index (χ3v) is 6.44. The highest BCUT2D eigenvalue weighted by atomic mass is 35.5. The maximum Gasteiger partial charge on any atom is 0.270 e. The Bertz CT molecular complexity index is 1170. The van der Waals surface area contributed by atoms with Crippen molar-refractivity contribution in [1.82, 2.24) is 9.88 Å². The average molecular weight is 505 g/mol. The van der Waals surface area contributed by atoms with Gasteiger partial charge in [0.25, 0.3) is 11.6 Å². The number of anilines is 1. The lowest BCUT2D eigenvalue weighted by Crippen LogP contribution is -2.38. The van der Waals surface area contributed by atoms with E-state index in [0.717, 1.165) is 23.3 Å². The highest BCUT2D eigenvalue weighted by Crippen LogP contribution is 2.39. The van der Waals surface area contributed by atoms with Gasteiger partial charge in [0.15, 0.2) is 16.6 Å². The van der Waals surface area contributed by atoms with Crippen LogP contribution in [0.1, 0.15) is 19.4 Å². The molecule has 2 aromatic carbocycles. The SMILES string of the molecule is CCN(CC)CCN(C(=O)C=Cc1cccc([N+](=O)[O-])c1)c1nc2cc3c(cc2s1)OCO3.Cl. The van der Waals surface area contributed by atoms with Gasteiger partial charge in [0.1, 0.15) is 0 Å². The Hall–Kier alpha value is -3.21. The van der Waals surface area contributed by atoms with Crippen molar-refractivity contribution in [3.63, 3.8) is 0 Å². The predicted octanol–water partition coefficient (Wildman–Crippen LogP) is 4.74. The summed E-state index contributed by atoms with van der Waals surface area (Å²) in [6.45, 7) is 7.27. The molecule has 2 heterocycles. The Kier molecular flexibility index (Phi) is 8.43. The molecule has 9 nitrogen and oxygen atoms in total. The van der Waals surface area contributed by atoms with Crippen LogP contribution in [0.3, 0.4) is 0 Å². The number of nitro groups is 1. The van der Waals surface area contributed by atoms with Crippen molar-refractivity contribution >= 4 is 56.8 Å². The number of aromatic nitrogens is 1. The van der Waals surface area contributed by atoms with Crippen molar-refractivity contribution in [3.8, 4) is 11.5 Å². The van der Waals surface area contributed by atoms with Crippen molar-refractivity contribution in [1.29, 1.82) is 0 Å². The monoisotopic (exact) mass is 504 g/mol. The Morgan fingerprint density at radius 2 is 1.91 bits per heavy atom. The molecule has 0 radical (unpaired) electrons. The second kappa shape index (κ2) is 11.3. The number of fused-ring (bicyclic) bond motifs is 2. The van der Waals surface area contributed by atoms with Crippen molar-refractivity contribution in [2.24, 2.45) is 0 Å². The highest BCUT2D eigenvalue weighted by molar-refractivity contribution is 7.22. The topological polar surface area (TPSA) is 98.0 Å². The van der Waals surface area contributed by atoms with E-state index in [4.69, 9.17) is 9.47 Å². The van der Waals surface area contributed by atoms with Crippen LogP contribution >= 0.6 is 23.7 Å². The number of halogens is 1. The number of amides is 1. The molecule has 0 fully saturated rings. The number of rotatable bonds is 9.